The summed E-state index contributed by atoms with van der Waals surface area (Å²) in [5.41, 5.74) is 1.77. The molecule has 124 valence electrons. The van der Waals surface area contributed by atoms with Crippen LogP contribution in [0.5, 0.6) is 5.88 Å². The van der Waals surface area contributed by atoms with Gasteiger partial charge in [0.15, 0.2) is 9.84 Å². The molecule has 1 aliphatic heterocycles. The average Bonchev–Trinajstić information content (AvgIpc) is 2.95. The van der Waals surface area contributed by atoms with Crippen molar-refractivity contribution in [2.24, 2.45) is 7.05 Å². The van der Waals surface area contributed by atoms with Crippen molar-refractivity contribution < 1.29 is 13.2 Å². The molecular weight excluding hydrogens is 316 g/mol. The first kappa shape index (κ1) is 15.9. The van der Waals surface area contributed by atoms with Crippen LogP contribution in [0.2, 0.25) is 0 Å². The molecule has 1 atom stereocenters. The van der Waals surface area contributed by atoms with Crippen LogP contribution in [0.15, 0.2) is 30.6 Å². The third kappa shape index (κ3) is 3.70. The molecule has 1 aliphatic rings. The molecule has 1 saturated heterocycles. The van der Waals surface area contributed by atoms with Gasteiger partial charge in [-0.2, -0.15) is 5.10 Å². The molecular formula is C15H20N4O3S. The molecule has 2 aromatic rings. The Balaban J connectivity index is 1.86. The molecule has 7 nitrogen and oxygen atoms in total. The van der Waals surface area contributed by atoms with E-state index in [4.69, 9.17) is 4.74 Å². The second-order valence-corrected chi connectivity index (χ2v) is 7.95. The van der Waals surface area contributed by atoms with Crippen LogP contribution >= 0.6 is 0 Å². The molecule has 0 saturated carbocycles. The number of hydrogen-bond donors (Lipinski definition) is 0. The lowest BCUT2D eigenvalue weighted by atomic mass is 10.1. The zero-order valence-corrected chi connectivity index (χ0v) is 14.0. The lowest BCUT2D eigenvalue weighted by Gasteiger charge is -2.34. The first-order chi connectivity index (χ1) is 11.0. The molecule has 8 heteroatoms. The molecule has 0 amide bonds. The number of ether oxygens (including phenoxy) is 1. The van der Waals surface area contributed by atoms with Crippen molar-refractivity contribution in [2.45, 2.75) is 12.6 Å². The second-order valence-electron chi connectivity index (χ2n) is 5.72. The van der Waals surface area contributed by atoms with Crippen LogP contribution in [0, 0.1) is 0 Å². The van der Waals surface area contributed by atoms with E-state index in [2.05, 4.69) is 15.0 Å². The van der Waals surface area contributed by atoms with E-state index in [1.807, 2.05) is 25.4 Å². The SMILES string of the molecule is COc1cccc(CN2CCS(=O)(=O)CC2c2cnn(C)c2)n1. The summed E-state index contributed by atoms with van der Waals surface area (Å²) in [6.45, 7) is 1.06. The van der Waals surface area contributed by atoms with Crippen molar-refractivity contribution in [3.63, 3.8) is 0 Å². The van der Waals surface area contributed by atoms with Crippen molar-refractivity contribution in [1.82, 2.24) is 19.7 Å². The Bertz CT molecular complexity index is 788. The van der Waals surface area contributed by atoms with E-state index in [9.17, 15) is 8.42 Å². The zero-order chi connectivity index (χ0) is 16.4. The Morgan fingerprint density at radius 1 is 1.39 bits per heavy atom. The van der Waals surface area contributed by atoms with Crippen LogP contribution < -0.4 is 4.74 Å². The second kappa shape index (κ2) is 6.29. The monoisotopic (exact) mass is 336 g/mol. The van der Waals surface area contributed by atoms with Gasteiger partial charge >= 0.3 is 0 Å². The van der Waals surface area contributed by atoms with Crippen molar-refractivity contribution in [1.29, 1.82) is 0 Å². The van der Waals surface area contributed by atoms with Gasteiger partial charge in [0.2, 0.25) is 5.88 Å². The molecule has 3 heterocycles. The van der Waals surface area contributed by atoms with E-state index in [0.29, 0.717) is 19.0 Å². The molecule has 1 fully saturated rings. The normalized spacial score (nSPS) is 21.2. The standard InChI is InChI=1S/C15H20N4O3S/c1-18-9-12(8-16-18)14-11-23(20,21)7-6-19(14)10-13-4-3-5-15(17-13)22-2/h3-5,8-9,14H,6-7,10-11H2,1-2H3. The smallest absolute Gasteiger partial charge is 0.213 e. The van der Waals surface area contributed by atoms with Crippen molar-refractivity contribution >= 4 is 9.84 Å². The van der Waals surface area contributed by atoms with E-state index >= 15 is 0 Å². The number of methoxy groups -OCH3 is 1. The number of aromatic nitrogens is 3. The fourth-order valence-corrected chi connectivity index (χ4v) is 4.38. The molecule has 1 unspecified atom stereocenters. The average molecular weight is 336 g/mol. The van der Waals surface area contributed by atoms with Crippen LogP contribution in [0.3, 0.4) is 0 Å². The minimum absolute atomic E-state index is 0.114. The van der Waals surface area contributed by atoms with Crippen molar-refractivity contribution in [2.75, 3.05) is 25.2 Å². The summed E-state index contributed by atoms with van der Waals surface area (Å²) >= 11 is 0. The first-order valence-electron chi connectivity index (χ1n) is 7.40. The number of sulfone groups is 1. The molecule has 0 radical (unpaired) electrons. The highest BCUT2D eigenvalue weighted by atomic mass is 32.2. The maximum Gasteiger partial charge on any atom is 0.213 e. The zero-order valence-electron chi connectivity index (χ0n) is 13.2. The first-order valence-corrected chi connectivity index (χ1v) is 9.22. The van der Waals surface area contributed by atoms with Crippen molar-refractivity contribution in [3.8, 4) is 5.88 Å². The van der Waals surface area contributed by atoms with E-state index < -0.39 is 9.84 Å². The fourth-order valence-electron chi connectivity index (χ4n) is 2.82. The van der Waals surface area contributed by atoms with Gasteiger partial charge in [-0.15, -0.1) is 0 Å². The third-order valence-corrected chi connectivity index (χ3v) is 5.64. The van der Waals surface area contributed by atoms with Gasteiger partial charge in [-0.05, 0) is 6.07 Å². The topological polar surface area (TPSA) is 77.3 Å². The van der Waals surface area contributed by atoms with E-state index in [0.717, 1.165) is 11.3 Å². The largest absolute Gasteiger partial charge is 0.481 e. The highest BCUT2D eigenvalue weighted by Crippen LogP contribution is 2.28. The summed E-state index contributed by atoms with van der Waals surface area (Å²) in [4.78, 5) is 6.56. The molecule has 2 aromatic heterocycles. The van der Waals surface area contributed by atoms with Crippen molar-refractivity contribution in [3.05, 3.63) is 41.9 Å². The summed E-state index contributed by atoms with van der Waals surface area (Å²) in [5, 5.41) is 4.17. The van der Waals surface area contributed by atoms with E-state index in [1.54, 1.807) is 24.1 Å². The fraction of sp³-hybridized carbons (Fsp3) is 0.467. The molecule has 0 N–H and O–H groups in total. The van der Waals surface area contributed by atoms with Crippen LogP contribution in [-0.4, -0.2) is 53.2 Å². The van der Waals surface area contributed by atoms with Gasteiger partial charge in [0.25, 0.3) is 0 Å². The summed E-state index contributed by atoms with van der Waals surface area (Å²) in [7, 11) is 0.377. The van der Waals surface area contributed by atoms with Gasteiger partial charge in [0.05, 0.1) is 36.5 Å². The van der Waals surface area contributed by atoms with Gasteiger partial charge in [-0.3, -0.25) is 9.58 Å². The summed E-state index contributed by atoms with van der Waals surface area (Å²) < 4.78 is 30.9. The minimum atomic E-state index is -3.03. The lowest BCUT2D eigenvalue weighted by molar-refractivity contribution is 0.203. The number of rotatable bonds is 4. The van der Waals surface area contributed by atoms with Crippen LogP contribution in [0.1, 0.15) is 17.3 Å². The summed E-state index contributed by atoms with van der Waals surface area (Å²) in [6, 6.07) is 5.41. The predicted octanol–water partition coefficient (Wildman–Crippen LogP) is 0.795. The molecule has 0 spiro atoms. The maximum absolute atomic E-state index is 12.1. The highest BCUT2D eigenvalue weighted by molar-refractivity contribution is 7.91. The Kier molecular flexibility index (Phi) is 4.36. The minimum Gasteiger partial charge on any atom is -0.481 e. The van der Waals surface area contributed by atoms with Crippen LogP contribution in [0.25, 0.3) is 0 Å². The third-order valence-electron chi connectivity index (χ3n) is 4.01. The van der Waals surface area contributed by atoms with E-state index in [-0.39, 0.29) is 17.5 Å². The summed E-state index contributed by atoms with van der Waals surface area (Å²) in [5.74, 6) is 0.848. The molecule has 3 rings (SSSR count). The maximum atomic E-state index is 12.1. The Morgan fingerprint density at radius 3 is 2.91 bits per heavy atom. The molecule has 23 heavy (non-hydrogen) atoms. The van der Waals surface area contributed by atoms with Crippen LogP contribution in [0.4, 0.5) is 0 Å². The molecule has 0 bridgehead atoms. The molecule has 0 aromatic carbocycles. The van der Waals surface area contributed by atoms with Gasteiger partial charge in [0, 0.05) is 38.0 Å². The van der Waals surface area contributed by atoms with Gasteiger partial charge < -0.3 is 4.74 Å². The van der Waals surface area contributed by atoms with E-state index in [1.165, 1.54) is 0 Å². The highest BCUT2D eigenvalue weighted by Gasteiger charge is 2.33. The van der Waals surface area contributed by atoms with Gasteiger partial charge in [-0.25, -0.2) is 13.4 Å². The molecule has 0 aliphatic carbocycles. The van der Waals surface area contributed by atoms with Gasteiger partial charge in [0.1, 0.15) is 0 Å². The Labute approximate surface area is 135 Å². The Morgan fingerprint density at radius 2 is 2.22 bits per heavy atom. The Hall–Kier alpha value is -1.93. The lowest BCUT2D eigenvalue weighted by Crippen LogP contribution is -2.42. The number of pyridine rings is 1. The number of nitrogens with zero attached hydrogens (tertiary/aromatic N) is 4. The van der Waals surface area contributed by atoms with Gasteiger partial charge in [-0.1, -0.05) is 6.07 Å². The predicted molar refractivity (Wildman–Crippen MR) is 85.8 cm³/mol. The van der Waals surface area contributed by atoms with Crippen LogP contribution in [-0.2, 0) is 23.4 Å². The summed E-state index contributed by atoms with van der Waals surface area (Å²) in [6.07, 6.45) is 3.61. The number of aryl methyl sites for hydroxylation is 1. The number of hydrogen-bond acceptors (Lipinski definition) is 6. The quantitative estimate of drug-likeness (QED) is 0.822.